The molecule has 1 aromatic carbocycles. The summed E-state index contributed by atoms with van der Waals surface area (Å²) in [5.74, 6) is 1.80. The van der Waals surface area contributed by atoms with E-state index in [0.29, 0.717) is 29.2 Å². The molecule has 1 aromatic heterocycles. The van der Waals surface area contributed by atoms with Gasteiger partial charge in [0.1, 0.15) is 6.67 Å². The highest BCUT2D eigenvalue weighted by Gasteiger charge is 2.49. The van der Waals surface area contributed by atoms with E-state index in [1.807, 2.05) is 30.5 Å². The Balaban J connectivity index is 1.47. The summed E-state index contributed by atoms with van der Waals surface area (Å²) in [6.07, 6.45) is 3.77. The molecule has 10 heteroatoms. The van der Waals surface area contributed by atoms with Crippen molar-refractivity contribution in [3.05, 3.63) is 47.7 Å². The zero-order valence-corrected chi connectivity index (χ0v) is 14.9. The Labute approximate surface area is 159 Å². The number of halogens is 1. The van der Waals surface area contributed by atoms with Crippen molar-refractivity contribution in [2.45, 2.75) is 31.6 Å². The molecular weight excluding hydrogens is 363 g/mol. The molecule has 1 fully saturated rings. The highest BCUT2D eigenvalue weighted by molar-refractivity contribution is 6.09. The summed E-state index contributed by atoms with van der Waals surface area (Å²) in [5, 5.41) is 16.9. The number of rotatable bonds is 2. The molecule has 6 rings (SSSR count). The molecule has 0 bridgehead atoms. The molecule has 1 saturated carbocycles. The highest BCUT2D eigenvalue weighted by Crippen LogP contribution is 2.47. The number of benzene rings is 1. The van der Waals surface area contributed by atoms with Crippen LogP contribution in [0.25, 0.3) is 0 Å². The van der Waals surface area contributed by atoms with Crippen LogP contribution in [0.1, 0.15) is 31.2 Å². The number of hydrazine groups is 1. The Morgan fingerprint density at radius 2 is 2.14 bits per heavy atom. The Hall–Kier alpha value is -3.61. The minimum absolute atomic E-state index is 0.0278. The van der Waals surface area contributed by atoms with Crippen LogP contribution < -0.4 is 9.91 Å². The third-order valence-corrected chi connectivity index (χ3v) is 5.65. The van der Waals surface area contributed by atoms with Crippen LogP contribution in [-0.4, -0.2) is 39.0 Å². The fraction of sp³-hybridized carbons (Fsp3) is 0.333. The van der Waals surface area contributed by atoms with Gasteiger partial charge in [-0.05, 0) is 25.0 Å². The second kappa shape index (κ2) is 5.01. The quantitative estimate of drug-likeness (QED) is 0.581. The van der Waals surface area contributed by atoms with Crippen LogP contribution in [0.3, 0.4) is 0 Å². The van der Waals surface area contributed by atoms with Gasteiger partial charge in [0.25, 0.3) is 6.42 Å². The number of anilines is 2. The zero-order chi connectivity index (χ0) is 19.0. The van der Waals surface area contributed by atoms with Gasteiger partial charge in [-0.2, -0.15) is 14.6 Å². The smallest absolute Gasteiger partial charge is 0.313 e. The van der Waals surface area contributed by atoms with Gasteiger partial charge < -0.3 is 4.52 Å². The summed E-state index contributed by atoms with van der Waals surface area (Å²) in [6.45, 7) is 2.36. The van der Waals surface area contributed by atoms with Gasteiger partial charge in [0.05, 0.1) is 11.9 Å². The molecule has 2 aromatic rings. The van der Waals surface area contributed by atoms with Crippen molar-refractivity contribution in [3.8, 4) is 6.19 Å². The molecule has 0 N–H and O–H groups in total. The molecule has 140 valence electrons. The monoisotopic (exact) mass is 378 g/mol. The van der Waals surface area contributed by atoms with Crippen LogP contribution in [0.5, 0.6) is 0 Å². The van der Waals surface area contributed by atoms with Crippen LogP contribution in [0.2, 0.25) is 0 Å². The molecule has 1 aliphatic carbocycles. The topological polar surface area (TPSA) is 88.0 Å². The first-order valence-electron chi connectivity index (χ1n) is 8.99. The molecule has 9 nitrogen and oxygen atoms in total. The van der Waals surface area contributed by atoms with Gasteiger partial charge in [-0.3, -0.25) is 4.90 Å². The summed E-state index contributed by atoms with van der Waals surface area (Å²) in [5.41, 5.74) is 1.41. The van der Waals surface area contributed by atoms with E-state index in [1.54, 1.807) is 10.0 Å². The Kier molecular flexibility index (Phi) is 2.76. The molecule has 1 unspecified atom stereocenters. The van der Waals surface area contributed by atoms with Gasteiger partial charge >= 0.3 is 6.01 Å². The molecule has 4 aliphatic rings. The first kappa shape index (κ1) is 15.4. The number of aromatic nitrogens is 2. The number of hydrogen-bond acceptors (Lipinski definition) is 9. The number of aliphatic imine (C=N–C) groups is 1. The SMILES string of the molecule is CC1(c2noc(N3CN=C4c5ccccc5N5C(=CN(C#N)C5F)N43)n2)CC1. The maximum absolute atomic E-state index is 15.0. The maximum Gasteiger partial charge on any atom is 0.345 e. The summed E-state index contributed by atoms with van der Waals surface area (Å²) in [6, 6.07) is 7.71. The Morgan fingerprint density at radius 1 is 1.32 bits per heavy atom. The number of amidine groups is 1. The average Bonchev–Trinajstić information content (AvgIpc) is 3.11. The van der Waals surface area contributed by atoms with E-state index in [9.17, 15) is 9.65 Å². The minimum Gasteiger partial charge on any atom is -0.313 e. The van der Waals surface area contributed by atoms with Crippen LogP contribution in [-0.2, 0) is 5.41 Å². The molecule has 3 aliphatic heterocycles. The summed E-state index contributed by atoms with van der Waals surface area (Å²) >= 11 is 0. The normalized spacial score (nSPS) is 23.7. The van der Waals surface area contributed by atoms with Crippen molar-refractivity contribution in [3.63, 3.8) is 0 Å². The first-order valence-corrected chi connectivity index (χ1v) is 8.99. The number of fused-ring (bicyclic) bond motifs is 6. The van der Waals surface area contributed by atoms with Gasteiger partial charge in [-0.15, -0.1) is 0 Å². The van der Waals surface area contributed by atoms with Gasteiger partial charge in [0.2, 0.25) is 0 Å². The van der Waals surface area contributed by atoms with Crippen LogP contribution in [0.4, 0.5) is 16.1 Å². The molecule has 0 amide bonds. The molecule has 0 radical (unpaired) electrons. The fourth-order valence-corrected chi connectivity index (χ4v) is 3.76. The molecular formula is C18H15FN8O. The predicted molar refractivity (Wildman–Crippen MR) is 96.0 cm³/mol. The summed E-state index contributed by atoms with van der Waals surface area (Å²) in [7, 11) is 0. The largest absolute Gasteiger partial charge is 0.345 e. The van der Waals surface area contributed by atoms with Gasteiger partial charge in [-0.1, -0.05) is 24.2 Å². The minimum atomic E-state index is -1.63. The van der Waals surface area contributed by atoms with E-state index in [-0.39, 0.29) is 12.1 Å². The Morgan fingerprint density at radius 3 is 2.93 bits per heavy atom. The second-order valence-electron chi connectivity index (χ2n) is 7.49. The van der Waals surface area contributed by atoms with Crippen LogP contribution >= 0.6 is 0 Å². The lowest BCUT2D eigenvalue weighted by Crippen LogP contribution is -2.50. The molecule has 0 spiro atoms. The lowest BCUT2D eigenvalue weighted by molar-refractivity contribution is 0.204. The van der Waals surface area contributed by atoms with Gasteiger partial charge in [0.15, 0.2) is 23.7 Å². The molecule has 0 saturated heterocycles. The predicted octanol–water partition coefficient (Wildman–Crippen LogP) is 2.23. The second-order valence-corrected chi connectivity index (χ2v) is 7.49. The average molecular weight is 378 g/mol. The number of nitriles is 1. The number of nitrogens with zero attached hydrogens (tertiary/aromatic N) is 8. The standard InChI is InChI=1S/C18H15FN8O/c1-18(6-7-18)15-22-17(28-23-15)25-10-21-14-11-4-2-3-5-12(11)26-13(27(14)25)8-24(9-20)16(26)19/h2-5,8,16H,6-7,10H2,1H3. The molecule has 4 heterocycles. The lowest BCUT2D eigenvalue weighted by atomic mass is 10.1. The number of hydrogen-bond donors (Lipinski definition) is 0. The fourth-order valence-electron chi connectivity index (χ4n) is 3.76. The van der Waals surface area contributed by atoms with Crippen molar-refractivity contribution < 1.29 is 8.91 Å². The van der Waals surface area contributed by atoms with E-state index >= 15 is 0 Å². The maximum atomic E-state index is 15.0. The summed E-state index contributed by atoms with van der Waals surface area (Å²) < 4.78 is 20.5. The first-order chi connectivity index (χ1) is 13.6. The van der Waals surface area contributed by atoms with E-state index < -0.39 is 6.42 Å². The zero-order valence-electron chi connectivity index (χ0n) is 14.9. The van der Waals surface area contributed by atoms with Crippen molar-refractivity contribution in [2.24, 2.45) is 4.99 Å². The number of para-hydroxylation sites is 1. The summed E-state index contributed by atoms with van der Waals surface area (Å²) in [4.78, 5) is 11.6. The van der Waals surface area contributed by atoms with Crippen molar-refractivity contribution in [1.82, 2.24) is 20.0 Å². The van der Waals surface area contributed by atoms with Gasteiger partial charge in [-0.25, -0.2) is 19.9 Å². The van der Waals surface area contributed by atoms with Crippen LogP contribution in [0, 0.1) is 11.5 Å². The molecule has 28 heavy (non-hydrogen) atoms. The van der Waals surface area contributed by atoms with E-state index in [1.165, 1.54) is 11.1 Å². The van der Waals surface area contributed by atoms with Crippen molar-refractivity contribution in [2.75, 3.05) is 16.6 Å². The van der Waals surface area contributed by atoms with Gasteiger partial charge in [0, 0.05) is 11.0 Å². The van der Waals surface area contributed by atoms with E-state index in [2.05, 4.69) is 22.1 Å². The van der Waals surface area contributed by atoms with Crippen LogP contribution in [0.15, 0.2) is 45.8 Å². The highest BCUT2D eigenvalue weighted by atomic mass is 19.1. The van der Waals surface area contributed by atoms with Crippen molar-refractivity contribution >= 4 is 17.5 Å². The van der Waals surface area contributed by atoms with E-state index in [4.69, 9.17) is 4.52 Å². The third kappa shape index (κ3) is 1.85. The Bertz CT molecular complexity index is 1100. The van der Waals surface area contributed by atoms with E-state index in [0.717, 1.165) is 23.3 Å². The number of alkyl halides is 1. The third-order valence-electron chi connectivity index (χ3n) is 5.65. The molecule has 1 atom stereocenters. The van der Waals surface area contributed by atoms with Crippen molar-refractivity contribution in [1.29, 1.82) is 5.26 Å². The lowest BCUT2D eigenvalue weighted by Gasteiger charge is -2.39.